The molecule has 0 fully saturated rings. The quantitative estimate of drug-likeness (QED) is 0.130. The third kappa shape index (κ3) is 7.89. The molecular weight excluding hydrogens is 997 g/mol. The van der Waals surface area contributed by atoms with Gasteiger partial charge in [0, 0.05) is 69.2 Å². The average molecular weight is 1040 g/mol. The summed E-state index contributed by atoms with van der Waals surface area (Å²) in [5, 5.41) is 11.0. The van der Waals surface area contributed by atoms with Crippen LogP contribution in [0.3, 0.4) is 0 Å². The molecular formula is C63H40Cl2IN3. The van der Waals surface area contributed by atoms with Gasteiger partial charge in [0.25, 0.3) is 0 Å². The van der Waals surface area contributed by atoms with Crippen LogP contribution in [0.15, 0.2) is 231 Å². The molecule has 1 aliphatic carbocycles. The van der Waals surface area contributed by atoms with E-state index in [1.165, 1.54) is 58.1 Å². The minimum atomic E-state index is 0.722. The lowest BCUT2D eigenvalue weighted by Crippen LogP contribution is -1.96. The second kappa shape index (κ2) is 18.3. The van der Waals surface area contributed by atoms with E-state index >= 15 is 0 Å². The summed E-state index contributed by atoms with van der Waals surface area (Å²) in [5.41, 5.74) is 14.8. The summed E-state index contributed by atoms with van der Waals surface area (Å²) in [6, 6.07) is 80.0. The van der Waals surface area contributed by atoms with Gasteiger partial charge in [-0.25, -0.2) is 9.97 Å². The van der Waals surface area contributed by atoms with Crippen molar-refractivity contribution in [2.75, 3.05) is 0 Å². The van der Waals surface area contributed by atoms with E-state index in [4.69, 9.17) is 33.2 Å². The van der Waals surface area contributed by atoms with Crippen LogP contribution >= 0.6 is 45.8 Å². The van der Waals surface area contributed by atoms with Crippen LogP contribution in [0.1, 0.15) is 11.1 Å². The molecule has 0 aliphatic heterocycles. The topological polar surface area (TPSA) is 30.7 Å². The summed E-state index contributed by atoms with van der Waals surface area (Å²) in [4.78, 5) is 10.6. The van der Waals surface area contributed by atoms with Gasteiger partial charge in [0.1, 0.15) is 0 Å². The fraction of sp³-hybridized carbons (Fsp3) is 0.0159. The highest BCUT2D eigenvalue weighted by Gasteiger charge is 2.24. The van der Waals surface area contributed by atoms with E-state index in [1.807, 2.05) is 48.5 Å². The van der Waals surface area contributed by atoms with Crippen LogP contribution in [-0.4, -0.2) is 14.5 Å². The lowest BCUT2D eigenvalue weighted by Gasteiger charge is -2.13. The summed E-state index contributed by atoms with van der Waals surface area (Å²) in [6.45, 7) is 0. The third-order valence-electron chi connectivity index (χ3n) is 13.1. The van der Waals surface area contributed by atoms with Gasteiger partial charge in [-0.2, -0.15) is 0 Å². The molecule has 3 heterocycles. The first-order chi connectivity index (χ1) is 34.0. The van der Waals surface area contributed by atoms with E-state index in [9.17, 15) is 0 Å². The van der Waals surface area contributed by atoms with Crippen molar-refractivity contribution in [1.29, 1.82) is 0 Å². The first kappa shape index (κ1) is 43.0. The SMILES string of the molecule is Clc1ccc2c(c1)Cc1c-2ccc2c1nc(-c1ccccc1)c1ccccc12.Clc1ccc2c3ccc4c5ccccc5c(-c5ccccc5)nc4c3n(-c3ccccc3)c2c1.Ic1ccccc1. The smallest absolute Gasteiger partial charge is 0.0962 e. The molecule has 6 heteroatoms. The van der Waals surface area contributed by atoms with E-state index in [1.54, 1.807) is 0 Å². The van der Waals surface area contributed by atoms with Gasteiger partial charge < -0.3 is 4.57 Å². The maximum Gasteiger partial charge on any atom is 0.0962 e. The second-order valence-corrected chi connectivity index (χ2v) is 19.3. The molecule has 13 aromatic rings. The average Bonchev–Trinajstić information content (AvgIpc) is 3.94. The van der Waals surface area contributed by atoms with Crippen molar-refractivity contribution < 1.29 is 0 Å². The molecule has 14 rings (SSSR count). The van der Waals surface area contributed by atoms with Gasteiger partial charge in [-0.15, -0.1) is 0 Å². The molecule has 3 nitrogen and oxygen atoms in total. The molecule has 1 aliphatic rings. The molecule has 0 N–H and O–H groups in total. The summed E-state index contributed by atoms with van der Waals surface area (Å²) in [7, 11) is 0. The van der Waals surface area contributed by atoms with Crippen LogP contribution < -0.4 is 0 Å². The standard InChI is InChI=1S/C31H19ClN2.C26H16ClN.C6H5I/c32-21-15-16-24-27-18-17-26-23-13-7-8-14-25(23)29(20-9-3-1-4-10-20)33-30(26)31(27)34(28(24)19-21)22-11-5-2-6-12-22;27-18-10-11-19-17(14-18)15-24-21(19)12-13-23-20-8-4-5-9-22(20)25(28-26(23)24)16-6-2-1-3-7-16;7-6-4-2-1-3-5-6/h1-19H;1-14H,15H2;1-5H. The van der Waals surface area contributed by atoms with Crippen molar-refractivity contribution >= 4 is 111 Å². The summed E-state index contributed by atoms with van der Waals surface area (Å²) < 4.78 is 3.59. The summed E-state index contributed by atoms with van der Waals surface area (Å²) in [5.74, 6) is 0. The van der Waals surface area contributed by atoms with E-state index in [-0.39, 0.29) is 0 Å². The van der Waals surface area contributed by atoms with Gasteiger partial charge in [-0.1, -0.05) is 205 Å². The summed E-state index contributed by atoms with van der Waals surface area (Å²) in [6.07, 6.45) is 0.877. The van der Waals surface area contributed by atoms with Gasteiger partial charge in [-0.3, -0.25) is 0 Å². The molecule has 3 aromatic heterocycles. The van der Waals surface area contributed by atoms with Crippen molar-refractivity contribution in [1.82, 2.24) is 14.5 Å². The van der Waals surface area contributed by atoms with Gasteiger partial charge in [0.05, 0.1) is 33.5 Å². The monoisotopic (exact) mass is 1040 g/mol. The zero-order valence-electron chi connectivity index (χ0n) is 37.1. The van der Waals surface area contributed by atoms with Gasteiger partial charge in [-0.05, 0) is 104 Å². The van der Waals surface area contributed by atoms with Crippen molar-refractivity contribution in [2.45, 2.75) is 6.42 Å². The summed E-state index contributed by atoms with van der Waals surface area (Å²) >= 11 is 15.0. The van der Waals surface area contributed by atoms with E-state index in [0.717, 1.165) is 77.5 Å². The Kier molecular flexibility index (Phi) is 11.4. The molecule has 10 aromatic carbocycles. The van der Waals surface area contributed by atoms with Gasteiger partial charge >= 0.3 is 0 Å². The number of fused-ring (bicyclic) bond motifs is 14. The Balaban J connectivity index is 0.000000127. The predicted octanol–water partition coefficient (Wildman–Crippen LogP) is 18.4. The highest BCUT2D eigenvalue weighted by molar-refractivity contribution is 14.1. The van der Waals surface area contributed by atoms with Crippen molar-refractivity contribution in [3.63, 3.8) is 0 Å². The van der Waals surface area contributed by atoms with Crippen molar-refractivity contribution in [3.8, 4) is 39.3 Å². The number of aromatic nitrogens is 3. The molecule has 328 valence electrons. The molecule has 0 spiro atoms. The van der Waals surface area contributed by atoms with Crippen LogP contribution in [0.4, 0.5) is 0 Å². The Hall–Kier alpha value is -7.35. The molecule has 0 saturated carbocycles. The van der Waals surface area contributed by atoms with Crippen LogP contribution in [0.25, 0.3) is 104 Å². The third-order valence-corrected chi connectivity index (χ3v) is 14.3. The molecule has 0 saturated heterocycles. The number of para-hydroxylation sites is 1. The highest BCUT2D eigenvalue weighted by atomic mass is 127. The van der Waals surface area contributed by atoms with Crippen molar-refractivity contribution in [2.24, 2.45) is 0 Å². The maximum absolute atomic E-state index is 6.48. The lowest BCUT2D eigenvalue weighted by atomic mass is 9.96. The zero-order chi connectivity index (χ0) is 46.4. The van der Waals surface area contributed by atoms with Crippen molar-refractivity contribution in [3.05, 3.63) is 255 Å². The first-order valence-corrected chi connectivity index (χ1v) is 24.8. The number of pyridine rings is 2. The van der Waals surface area contributed by atoms with Crippen LogP contribution in [0.2, 0.25) is 10.0 Å². The zero-order valence-corrected chi connectivity index (χ0v) is 40.8. The Morgan fingerprint density at radius 3 is 1.46 bits per heavy atom. The number of benzene rings is 10. The Morgan fingerprint density at radius 2 is 0.855 bits per heavy atom. The minimum absolute atomic E-state index is 0.722. The van der Waals surface area contributed by atoms with Gasteiger partial charge in [0.15, 0.2) is 0 Å². The molecule has 0 atom stereocenters. The van der Waals surface area contributed by atoms with Crippen LogP contribution in [-0.2, 0) is 6.42 Å². The molecule has 0 bridgehead atoms. The number of rotatable bonds is 3. The van der Waals surface area contributed by atoms with Gasteiger partial charge in [0.2, 0.25) is 0 Å². The molecule has 69 heavy (non-hydrogen) atoms. The number of hydrogen-bond donors (Lipinski definition) is 0. The molecule has 0 amide bonds. The fourth-order valence-electron chi connectivity index (χ4n) is 10.1. The highest BCUT2D eigenvalue weighted by Crippen LogP contribution is 2.44. The van der Waals surface area contributed by atoms with Crippen LogP contribution in [0, 0.1) is 3.57 Å². The number of hydrogen-bond acceptors (Lipinski definition) is 2. The minimum Gasteiger partial charge on any atom is -0.307 e. The first-order valence-electron chi connectivity index (χ1n) is 22.9. The maximum atomic E-state index is 6.48. The lowest BCUT2D eigenvalue weighted by molar-refractivity contribution is 1.18. The van der Waals surface area contributed by atoms with E-state index in [2.05, 4.69) is 209 Å². The Labute approximate surface area is 423 Å². The molecule has 0 unspecified atom stereocenters. The predicted molar refractivity (Wildman–Crippen MR) is 301 cm³/mol. The van der Waals surface area contributed by atoms with Crippen LogP contribution in [0.5, 0.6) is 0 Å². The largest absolute Gasteiger partial charge is 0.307 e. The second-order valence-electron chi connectivity index (χ2n) is 17.2. The molecule has 0 radical (unpaired) electrons. The van der Waals surface area contributed by atoms with E-state index < -0.39 is 0 Å². The Morgan fingerprint density at radius 1 is 0.391 bits per heavy atom. The normalized spacial score (nSPS) is 11.6. The van der Waals surface area contributed by atoms with E-state index in [0.29, 0.717) is 0 Å². The number of nitrogens with zero attached hydrogens (tertiary/aromatic N) is 3. The Bertz CT molecular complexity index is 4060. The number of halogens is 3. The fourth-order valence-corrected chi connectivity index (χ4v) is 10.8.